The van der Waals surface area contributed by atoms with E-state index in [0.29, 0.717) is 31.8 Å². The molecule has 0 N–H and O–H groups in total. The SMILES string of the molecule is Cc1nc2ncnn2c(C)c1CCC(=O)N(C)C[C@@H]1OCCc2ccccc21. The number of rotatable bonds is 5. The molecule has 3 aromatic rings. The summed E-state index contributed by atoms with van der Waals surface area (Å²) in [4.78, 5) is 23.2. The summed E-state index contributed by atoms with van der Waals surface area (Å²) in [6.45, 7) is 5.21. The highest BCUT2D eigenvalue weighted by Gasteiger charge is 2.23. The number of nitrogens with zero attached hydrogens (tertiary/aromatic N) is 5. The van der Waals surface area contributed by atoms with Crippen molar-refractivity contribution in [3.8, 4) is 0 Å². The molecule has 0 unspecified atom stereocenters. The topological polar surface area (TPSA) is 72.6 Å². The summed E-state index contributed by atoms with van der Waals surface area (Å²) in [5.74, 6) is 0.694. The van der Waals surface area contributed by atoms with E-state index >= 15 is 0 Å². The average molecular weight is 379 g/mol. The van der Waals surface area contributed by atoms with Crippen LogP contribution in [0.5, 0.6) is 0 Å². The van der Waals surface area contributed by atoms with E-state index < -0.39 is 0 Å². The van der Waals surface area contributed by atoms with E-state index in [1.807, 2.05) is 27.0 Å². The Morgan fingerprint density at radius 2 is 2.14 bits per heavy atom. The first-order chi connectivity index (χ1) is 13.5. The Kier molecular flexibility index (Phi) is 5.09. The normalized spacial score (nSPS) is 16.2. The van der Waals surface area contributed by atoms with Gasteiger partial charge in [-0.1, -0.05) is 24.3 Å². The predicted octanol–water partition coefficient (Wildman–Crippen LogP) is 2.45. The van der Waals surface area contributed by atoms with Gasteiger partial charge in [-0.3, -0.25) is 4.79 Å². The van der Waals surface area contributed by atoms with Crippen LogP contribution in [0.3, 0.4) is 0 Å². The lowest BCUT2D eigenvalue weighted by atomic mass is 9.97. The molecule has 4 rings (SSSR count). The van der Waals surface area contributed by atoms with Crippen molar-refractivity contribution in [2.45, 2.75) is 39.2 Å². The minimum Gasteiger partial charge on any atom is -0.371 e. The Morgan fingerprint density at radius 3 is 3.00 bits per heavy atom. The zero-order chi connectivity index (χ0) is 19.7. The van der Waals surface area contributed by atoms with Crippen LogP contribution in [-0.4, -0.2) is 50.6 Å². The largest absolute Gasteiger partial charge is 0.371 e. The van der Waals surface area contributed by atoms with Crippen LogP contribution in [0.2, 0.25) is 0 Å². The Bertz CT molecular complexity index is 1010. The second kappa shape index (κ2) is 7.67. The zero-order valence-electron chi connectivity index (χ0n) is 16.6. The fourth-order valence-corrected chi connectivity index (χ4v) is 3.92. The molecule has 0 fully saturated rings. The van der Waals surface area contributed by atoms with Crippen molar-refractivity contribution in [2.75, 3.05) is 20.2 Å². The first-order valence-corrected chi connectivity index (χ1v) is 9.63. The molecule has 1 aliphatic heterocycles. The third-order valence-electron chi connectivity index (χ3n) is 5.54. The fourth-order valence-electron chi connectivity index (χ4n) is 3.92. The molecule has 2 aromatic heterocycles. The van der Waals surface area contributed by atoms with Gasteiger partial charge in [0, 0.05) is 24.9 Å². The van der Waals surface area contributed by atoms with Crippen LogP contribution in [0.1, 0.15) is 40.6 Å². The first kappa shape index (κ1) is 18.6. The summed E-state index contributed by atoms with van der Waals surface area (Å²) < 4.78 is 7.67. The molecule has 3 heterocycles. The van der Waals surface area contributed by atoms with Crippen LogP contribution in [0, 0.1) is 13.8 Å². The number of carbonyl (C=O) groups excluding carboxylic acids is 1. The standard InChI is InChI=1S/C21H25N5O2/c1-14-17(15(2)26-21(24-14)22-13-23-26)8-9-20(27)25(3)12-19-18-7-5-4-6-16(18)10-11-28-19/h4-7,13,19H,8-12H2,1-3H3/t19-/m0/s1. The summed E-state index contributed by atoms with van der Waals surface area (Å²) in [5.41, 5.74) is 5.45. The van der Waals surface area contributed by atoms with Gasteiger partial charge < -0.3 is 9.64 Å². The van der Waals surface area contributed by atoms with E-state index in [4.69, 9.17) is 4.74 Å². The van der Waals surface area contributed by atoms with Crippen molar-refractivity contribution >= 4 is 11.7 Å². The van der Waals surface area contributed by atoms with Crippen LogP contribution in [0.15, 0.2) is 30.6 Å². The van der Waals surface area contributed by atoms with Gasteiger partial charge in [-0.15, -0.1) is 0 Å². The maximum absolute atomic E-state index is 12.8. The summed E-state index contributed by atoms with van der Waals surface area (Å²) in [6.07, 6.45) is 3.43. The maximum Gasteiger partial charge on any atom is 0.252 e. The van der Waals surface area contributed by atoms with E-state index in [1.165, 1.54) is 17.5 Å². The van der Waals surface area contributed by atoms with Gasteiger partial charge in [-0.2, -0.15) is 10.1 Å². The number of likely N-dealkylation sites (N-methyl/N-ethyl adjacent to an activating group) is 1. The highest BCUT2D eigenvalue weighted by atomic mass is 16.5. The molecule has 0 bridgehead atoms. The van der Waals surface area contributed by atoms with Gasteiger partial charge in [0.25, 0.3) is 5.78 Å². The van der Waals surface area contributed by atoms with E-state index in [0.717, 1.165) is 23.4 Å². The smallest absolute Gasteiger partial charge is 0.252 e. The maximum atomic E-state index is 12.8. The Hall–Kier alpha value is -2.80. The molecule has 0 saturated carbocycles. The molecule has 0 saturated heterocycles. The molecule has 1 atom stereocenters. The van der Waals surface area contributed by atoms with Crippen molar-refractivity contribution in [1.29, 1.82) is 0 Å². The fraction of sp³-hybridized carbons (Fsp3) is 0.429. The lowest BCUT2D eigenvalue weighted by Crippen LogP contribution is -2.34. The number of carbonyl (C=O) groups is 1. The Labute approximate surface area is 164 Å². The minimum absolute atomic E-state index is 0.0597. The number of aryl methyl sites for hydroxylation is 2. The molecular formula is C21H25N5O2. The van der Waals surface area contributed by atoms with E-state index in [-0.39, 0.29) is 12.0 Å². The zero-order valence-corrected chi connectivity index (χ0v) is 16.6. The molecule has 1 aliphatic rings. The van der Waals surface area contributed by atoms with Crippen molar-refractivity contribution < 1.29 is 9.53 Å². The van der Waals surface area contributed by atoms with Crippen molar-refractivity contribution in [3.05, 3.63) is 58.7 Å². The van der Waals surface area contributed by atoms with Crippen molar-refractivity contribution in [2.24, 2.45) is 0 Å². The van der Waals surface area contributed by atoms with Crippen LogP contribution in [0.25, 0.3) is 5.78 Å². The van der Waals surface area contributed by atoms with Gasteiger partial charge in [-0.05, 0) is 43.4 Å². The first-order valence-electron chi connectivity index (χ1n) is 9.63. The van der Waals surface area contributed by atoms with Crippen molar-refractivity contribution in [1.82, 2.24) is 24.5 Å². The second-order valence-electron chi connectivity index (χ2n) is 7.32. The number of fused-ring (bicyclic) bond motifs is 2. The molecule has 7 nitrogen and oxygen atoms in total. The highest BCUT2D eigenvalue weighted by molar-refractivity contribution is 5.76. The summed E-state index contributed by atoms with van der Waals surface area (Å²) in [5, 5.41) is 4.21. The predicted molar refractivity (Wildman–Crippen MR) is 105 cm³/mol. The number of aromatic nitrogens is 4. The summed E-state index contributed by atoms with van der Waals surface area (Å²) in [7, 11) is 1.85. The second-order valence-corrected chi connectivity index (χ2v) is 7.32. The van der Waals surface area contributed by atoms with Gasteiger partial charge >= 0.3 is 0 Å². The molecule has 1 amide bonds. The van der Waals surface area contributed by atoms with Crippen LogP contribution in [-0.2, 0) is 22.4 Å². The van der Waals surface area contributed by atoms with Gasteiger partial charge in [0.1, 0.15) is 12.4 Å². The molecule has 28 heavy (non-hydrogen) atoms. The molecule has 0 radical (unpaired) electrons. The minimum atomic E-state index is -0.0597. The molecule has 0 aliphatic carbocycles. The van der Waals surface area contributed by atoms with Crippen LogP contribution < -0.4 is 0 Å². The van der Waals surface area contributed by atoms with E-state index in [1.54, 1.807) is 9.42 Å². The van der Waals surface area contributed by atoms with Gasteiger partial charge in [-0.25, -0.2) is 9.50 Å². The number of hydrogen-bond donors (Lipinski definition) is 0. The highest BCUT2D eigenvalue weighted by Crippen LogP contribution is 2.27. The third-order valence-corrected chi connectivity index (χ3v) is 5.54. The van der Waals surface area contributed by atoms with E-state index in [2.05, 4.69) is 33.3 Å². The third kappa shape index (κ3) is 3.49. The number of benzene rings is 1. The molecule has 1 aromatic carbocycles. The number of hydrogen-bond acceptors (Lipinski definition) is 5. The number of ether oxygens (including phenoxy) is 1. The monoisotopic (exact) mass is 379 g/mol. The Morgan fingerprint density at radius 1 is 1.32 bits per heavy atom. The van der Waals surface area contributed by atoms with Gasteiger partial charge in [0.2, 0.25) is 5.91 Å². The van der Waals surface area contributed by atoms with Crippen molar-refractivity contribution in [3.63, 3.8) is 0 Å². The number of amides is 1. The van der Waals surface area contributed by atoms with Crippen LogP contribution in [0.4, 0.5) is 0 Å². The molecule has 7 heteroatoms. The van der Waals surface area contributed by atoms with E-state index in [9.17, 15) is 4.79 Å². The lowest BCUT2D eigenvalue weighted by Gasteiger charge is -2.29. The summed E-state index contributed by atoms with van der Waals surface area (Å²) in [6, 6.07) is 8.33. The average Bonchev–Trinajstić information content (AvgIpc) is 3.16. The van der Waals surface area contributed by atoms with Gasteiger partial charge in [0.15, 0.2) is 0 Å². The molecule has 146 valence electrons. The van der Waals surface area contributed by atoms with Gasteiger partial charge in [0.05, 0.1) is 13.2 Å². The quantitative estimate of drug-likeness (QED) is 0.681. The molecular weight excluding hydrogens is 354 g/mol. The lowest BCUT2D eigenvalue weighted by molar-refractivity contribution is -0.132. The molecule has 0 spiro atoms. The Balaban J connectivity index is 1.42. The summed E-state index contributed by atoms with van der Waals surface area (Å²) >= 11 is 0. The van der Waals surface area contributed by atoms with Crippen LogP contribution >= 0.6 is 0 Å².